The number of ether oxygens (including phenoxy) is 1. The molecule has 1 heterocycles. The molecule has 2 aromatic rings. The molecule has 0 amide bonds. The second kappa shape index (κ2) is 8.07. The van der Waals surface area contributed by atoms with Crippen LogP contribution in [0.3, 0.4) is 0 Å². The summed E-state index contributed by atoms with van der Waals surface area (Å²) in [6.07, 6.45) is 4.66. The van der Waals surface area contributed by atoms with E-state index in [1.165, 1.54) is 16.7 Å². The number of nitrogens with one attached hydrogen (secondary N) is 1. The number of rotatable bonds is 9. The van der Waals surface area contributed by atoms with Gasteiger partial charge in [0.05, 0.1) is 10.9 Å². The van der Waals surface area contributed by atoms with E-state index in [0.29, 0.717) is 11.8 Å². The van der Waals surface area contributed by atoms with E-state index in [2.05, 4.69) is 59.9 Å². The van der Waals surface area contributed by atoms with E-state index in [-0.39, 0.29) is 16.3 Å². The lowest BCUT2D eigenvalue weighted by Crippen LogP contribution is -2.47. The Hall–Kier alpha value is -1.89. The molecule has 1 saturated heterocycles. The molecule has 0 unspecified atom stereocenters. The normalized spacial score (nSPS) is 29.6. The fourth-order valence-corrected chi connectivity index (χ4v) is 8.61. The van der Waals surface area contributed by atoms with Gasteiger partial charge in [-0.05, 0) is 66.8 Å². The number of hydrogen-bond acceptors (Lipinski definition) is 4. The van der Waals surface area contributed by atoms with Crippen molar-refractivity contribution in [1.29, 1.82) is 0 Å². The zero-order chi connectivity index (χ0) is 23.6. The van der Waals surface area contributed by atoms with Gasteiger partial charge < -0.3 is 4.74 Å². The Labute approximate surface area is 203 Å². The molecule has 1 aliphatic heterocycles. The molecule has 1 N–H and O–H groups in total. The van der Waals surface area contributed by atoms with Crippen LogP contribution in [0.1, 0.15) is 49.8 Å². The molecule has 6 rings (SSSR count). The van der Waals surface area contributed by atoms with Crippen LogP contribution in [0.2, 0.25) is 0 Å². The van der Waals surface area contributed by atoms with Gasteiger partial charge in [0.2, 0.25) is 10.0 Å². The van der Waals surface area contributed by atoms with Gasteiger partial charge in [0.15, 0.2) is 0 Å². The summed E-state index contributed by atoms with van der Waals surface area (Å²) < 4.78 is 34.2. The number of likely N-dealkylation sites (tertiary alicyclic amines) is 1. The van der Waals surface area contributed by atoms with E-state index >= 15 is 0 Å². The van der Waals surface area contributed by atoms with Crippen molar-refractivity contribution in [1.82, 2.24) is 4.90 Å². The zero-order valence-corrected chi connectivity index (χ0v) is 21.1. The summed E-state index contributed by atoms with van der Waals surface area (Å²) in [7, 11) is -3.24. The topological polar surface area (TPSA) is 58.6 Å². The van der Waals surface area contributed by atoms with Crippen molar-refractivity contribution < 1.29 is 13.2 Å². The number of sulfonamides is 1. The van der Waals surface area contributed by atoms with Crippen LogP contribution >= 0.6 is 0 Å². The maximum Gasteiger partial charge on any atom is 0.235 e. The molecule has 34 heavy (non-hydrogen) atoms. The van der Waals surface area contributed by atoms with E-state index in [4.69, 9.17) is 4.74 Å². The third-order valence-electron chi connectivity index (χ3n) is 8.92. The van der Waals surface area contributed by atoms with E-state index in [1.807, 2.05) is 12.1 Å². The number of piperidine rings is 1. The van der Waals surface area contributed by atoms with Crippen LogP contribution in [0.15, 0.2) is 48.5 Å². The van der Waals surface area contributed by atoms with Crippen LogP contribution in [0.4, 0.5) is 5.69 Å². The zero-order valence-electron chi connectivity index (χ0n) is 20.3. The minimum Gasteiger partial charge on any atom is -0.373 e. The first-order valence-corrected chi connectivity index (χ1v) is 14.5. The maximum atomic E-state index is 12.4. The largest absolute Gasteiger partial charge is 0.373 e. The van der Waals surface area contributed by atoms with Crippen molar-refractivity contribution in [3.05, 3.63) is 65.2 Å². The molecule has 3 fully saturated rings. The van der Waals surface area contributed by atoms with Gasteiger partial charge in [0.1, 0.15) is 0 Å². The molecule has 3 atom stereocenters. The Kier molecular flexibility index (Phi) is 5.36. The van der Waals surface area contributed by atoms with Gasteiger partial charge in [-0.3, -0.25) is 9.62 Å². The smallest absolute Gasteiger partial charge is 0.235 e. The highest BCUT2D eigenvalue weighted by Crippen LogP contribution is 2.65. The number of fused-ring (bicyclic) bond motifs is 2. The highest BCUT2D eigenvalue weighted by Gasteiger charge is 2.67. The van der Waals surface area contributed by atoms with Gasteiger partial charge in [-0.1, -0.05) is 43.3 Å². The summed E-state index contributed by atoms with van der Waals surface area (Å²) in [4.78, 5) is 2.63. The fraction of sp³-hybridized carbons (Fsp3) is 0.571. The van der Waals surface area contributed by atoms with Gasteiger partial charge in [-0.25, -0.2) is 8.42 Å². The van der Waals surface area contributed by atoms with E-state index in [9.17, 15) is 8.42 Å². The summed E-state index contributed by atoms with van der Waals surface area (Å²) in [6, 6.07) is 17.0. The average molecular weight is 481 g/mol. The van der Waals surface area contributed by atoms with E-state index < -0.39 is 10.0 Å². The molecule has 182 valence electrons. The van der Waals surface area contributed by atoms with Gasteiger partial charge in [-0.15, -0.1) is 0 Å². The number of nitrogens with zero attached hydrogens (tertiary/aromatic N) is 1. The number of benzene rings is 2. The molecule has 2 aromatic carbocycles. The maximum absolute atomic E-state index is 12.4. The van der Waals surface area contributed by atoms with Gasteiger partial charge >= 0.3 is 0 Å². The minimum absolute atomic E-state index is 0.106. The average Bonchev–Trinajstić information content (AvgIpc) is 3.68. The van der Waals surface area contributed by atoms with Crippen LogP contribution < -0.4 is 4.72 Å². The van der Waals surface area contributed by atoms with Gasteiger partial charge in [0.25, 0.3) is 0 Å². The molecule has 5 nitrogen and oxygen atoms in total. The molecular weight excluding hydrogens is 444 g/mol. The first-order valence-electron chi connectivity index (χ1n) is 12.9. The SMILES string of the molecule is CCOC1(CN2C[C@@H]3[C@H](C2)[C@@]3(CC)c2cccc(NS(=O)(=O)C3CC3)c2)Cc2ccccc2C1. The summed E-state index contributed by atoms with van der Waals surface area (Å²) >= 11 is 0. The van der Waals surface area contributed by atoms with Crippen molar-refractivity contribution in [2.75, 3.05) is 31.0 Å². The quantitative estimate of drug-likeness (QED) is 0.579. The van der Waals surface area contributed by atoms with Crippen molar-refractivity contribution >= 4 is 15.7 Å². The highest BCUT2D eigenvalue weighted by molar-refractivity contribution is 7.93. The number of hydrogen-bond donors (Lipinski definition) is 1. The third kappa shape index (κ3) is 3.69. The molecule has 6 heteroatoms. The minimum atomic E-state index is -3.24. The summed E-state index contributed by atoms with van der Waals surface area (Å²) in [5.41, 5.74) is 4.97. The van der Waals surface area contributed by atoms with Crippen molar-refractivity contribution in [3.8, 4) is 0 Å². The Balaban J connectivity index is 1.16. The van der Waals surface area contributed by atoms with Crippen molar-refractivity contribution in [3.63, 3.8) is 0 Å². The molecule has 4 aliphatic rings. The highest BCUT2D eigenvalue weighted by atomic mass is 32.2. The Bertz CT molecular complexity index is 1150. The molecule has 2 saturated carbocycles. The Morgan fingerprint density at radius 1 is 1.00 bits per heavy atom. The van der Waals surface area contributed by atoms with Crippen LogP contribution in [-0.4, -0.2) is 50.4 Å². The summed E-state index contributed by atoms with van der Waals surface area (Å²) in [5.74, 6) is 1.27. The first kappa shape index (κ1) is 22.6. The van der Waals surface area contributed by atoms with Gasteiger partial charge in [-0.2, -0.15) is 0 Å². The van der Waals surface area contributed by atoms with Crippen molar-refractivity contribution in [2.45, 2.75) is 62.2 Å². The summed E-state index contributed by atoms with van der Waals surface area (Å²) in [6.45, 7) is 8.34. The number of anilines is 1. The Morgan fingerprint density at radius 3 is 2.26 bits per heavy atom. The molecule has 3 aliphatic carbocycles. The monoisotopic (exact) mass is 480 g/mol. The van der Waals surface area contributed by atoms with Crippen LogP contribution in [-0.2, 0) is 33.0 Å². The second-order valence-electron chi connectivity index (χ2n) is 11.0. The molecule has 0 bridgehead atoms. The predicted octanol–water partition coefficient (Wildman–Crippen LogP) is 4.37. The van der Waals surface area contributed by atoms with Gasteiger partial charge in [0, 0.05) is 50.2 Å². The first-order chi connectivity index (χ1) is 16.4. The summed E-state index contributed by atoms with van der Waals surface area (Å²) in [5, 5.41) is -0.204. The lowest BCUT2D eigenvalue weighted by atomic mass is 9.87. The molecular formula is C28H36N2O3S. The molecule has 0 radical (unpaired) electrons. The Morgan fingerprint density at radius 2 is 1.68 bits per heavy atom. The standard InChI is InChI=1S/C28H36N2O3S/c1-3-28(22-10-7-11-23(14-22)29-34(31,32)24-12-13-24)25-17-30(18-26(25)28)19-27(33-4-2)15-20-8-5-6-9-21(20)16-27/h5-11,14,24-26,29H,3-4,12-13,15-19H2,1-2H3/t25-,26+,28+. The fourth-order valence-electron chi connectivity index (χ4n) is 7.23. The second-order valence-corrected chi connectivity index (χ2v) is 12.9. The van der Waals surface area contributed by atoms with E-state index in [1.54, 1.807) is 0 Å². The lowest BCUT2D eigenvalue weighted by Gasteiger charge is -2.36. The van der Waals surface area contributed by atoms with Crippen LogP contribution in [0.25, 0.3) is 0 Å². The van der Waals surface area contributed by atoms with E-state index in [0.717, 1.165) is 64.0 Å². The third-order valence-corrected chi connectivity index (χ3v) is 10.8. The predicted molar refractivity (Wildman–Crippen MR) is 136 cm³/mol. The van der Waals surface area contributed by atoms with Crippen molar-refractivity contribution in [2.24, 2.45) is 11.8 Å². The van der Waals surface area contributed by atoms with Crippen LogP contribution in [0, 0.1) is 11.8 Å². The molecule has 0 spiro atoms. The van der Waals surface area contributed by atoms with Crippen LogP contribution in [0.5, 0.6) is 0 Å². The molecule has 0 aromatic heterocycles. The lowest BCUT2D eigenvalue weighted by molar-refractivity contribution is -0.0528.